The van der Waals surface area contributed by atoms with Crippen molar-refractivity contribution in [3.63, 3.8) is 0 Å². The van der Waals surface area contributed by atoms with Crippen molar-refractivity contribution in [3.8, 4) is 0 Å². The Kier molecular flexibility index (Phi) is 2.63. The lowest BCUT2D eigenvalue weighted by Gasteiger charge is -2.07. The molecule has 1 atom stereocenters. The van der Waals surface area contributed by atoms with Crippen molar-refractivity contribution in [1.82, 2.24) is 4.57 Å². The first-order chi connectivity index (χ1) is 7.52. The molecule has 0 spiro atoms. The van der Waals surface area contributed by atoms with Crippen LogP contribution in [0.3, 0.4) is 0 Å². The largest absolute Gasteiger partial charge is 0.349 e. The molecular weight excluding hydrogens is 229 g/mol. The third-order valence-corrected chi connectivity index (χ3v) is 3.35. The molecule has 5 heteroatoms. The molecule has 0 N–H and O–H groups in total. The van der Waals surface area contributed by atoms with E-state index < -0.39 is 22.0 Å². The van der Waals surface area contributed by atoms with Crippen molar-refractivity contribution < 1.29 is 8.60 Å². The summed E-state index contributed by atoms with van der Waals surface area (Å²) in [5, 5.41) is -0.00213. The van der Waals surface area contributed by atoms with Crippen LogP contribution in [0, 0.1) is 5.82 Å². The minimum Gasteiger partial charge on any atom is -0.349 e. The summed E-state index contributed by atoms with van der Waals surface area (Å²) in [5.41, 5.74) is 0.00577. The van der Waals surface area contributed by atoms with E-state index in [4.69, 9.17) is 0 Å². The number of aromatic nitrogens is 1. The second-order valence-corrected chi connectivity index (χ2v) is 4.87. The van der Waals surface area contributed by atoms with Crippen LogP contribution < -0.4 is 5.43 Å². The SMILES string of the molecule is Cn1cc(S(C)=O)c(=O)c2c(F)cccc21. The van der Waals surface area contributed by atoms with Crippen molar-refractivity contribution in [2.45, 2.75) is 4.90 Å². The normalized spacial score (nSPS) is 12.9. The van der Waals surface area contributed by atoms with E-state index in [2.05, 4.69) is 0 Å². The average Bonchev–Trinajstić information content (AvgIpc) is 2.22. The van der Waals surface area contributed by atoms with Gasteiger partial charge in [-0.2, -0.15) is 0 Å². The van der Waals surface area contributed by atoms with Gasteiger partial charge in [0.1, 0.15) is 10.7 Å². The van der Waals surface area contributed by atoms with Crippen molar-refractivity contribution in [3.05, 3.63) is 40.4 Å². The van der Waals surface area contributed by atoms with E-state index in [1.54, 1.807) is 23.7 Å². The van der Waals surface area contributed by atoms with Gasteiger partial charge in [0, 0.05) is 19.5 Å². The van der Waals surface area contributed by atoms with Crippen LogP contribution >= 0.6 is 0 Å². The van der Waals surface area contributed by atoms with Gasteiger partial charge >= 0.3 is 0 Å². The summed E-state index contributed by atoms with van der Waals surface area (Å²) < 4.78 is 26.5. The summed E-state index contributed by atoms with van der Waals surface area (Å²) in [6, 6.07) is 4.42. The number of aryl methyl sites for hydroxylation is 1. The molecular formula is C11H10FNO2S. The molecule has 0 aliphatic rings. The topological polar surface area (TPSA) is 39.1 Å². The quantitative estimate of drug-likeness (QED) is 0.755. The maximum Gasteiger partial charge on any atom is 0.208 e. The highest BCUT2D eigenvalue weighted by atomic mass is 32.2. The molecule has 0 fully saturated rings. The Morgan fingerprint density at radius 2 is 2.06 bits per heavy atom. The van der Waals surface area contributed by atoms with Gasteiger partial charge in [-0.15, -0.1) is 0 Å². The minimum absolute atomic E-state index is 0.00213. The van der Waals surface area contributed by atoms with Gasteiger partial charge in [-0.3, -0.25) is 9.00 Å². The number of nitrogens with zero attached hydrogens (tertiary/aromatic N) is 1. The maximum atomic E-state index is 13.6. The predicted molar refractivity (Wildman–Crippen MR) is 61.5 cm³/mol. The third-order valence-electron chi connectivity index (χ3n) is 2.44. The zero-order valence-corrected chi connectivity index (χ0v) is 9.68. The van der Waals surface area contributed by atoms with E-state index in [1.165, 1.54) is 18.5 Å². The Balaban J connectivity index is 3.04. The molecule has 1 aromatic heterocycles. The van der Waals surface area contributed by atoms with Gasteiger partial charge in [-0.25, -0.2) is 4.39 Å². The Morgan fingerprint density at radius 3 is 2.69 bits per heavy atom. The fraction of sp³-hybridized carbons (Fsp3) is 0.182. The van der Waals surface area contributed by atoms with Crippen LogP contribution in [0.4, 0.5) is 4.39 Å². The van der Waals surface area contributed by atoms with E-state index >= 15 is 0 Å². The number of pyridine rings is 1. The van der Waals surface area contributed by atoms with Crippen molar-refractivity contribution >= 4 is 21.7 Å². The first-order valence-electron chi connectivity index (χ1n) is 4.63. The number of hydrogen-bond donors (Lipinski definition) is 0. The third kappa shape index (κ3) is 1.57. The second-order valence-electron chi connectivity index (χ2n) is 3.52. The fourth-order valence-electron chi connectivity index (χ4n) is 1.66. The lowest BCUT2D eigenvalue weighted by atomic mass is 10.2. The highest BCUT2D eigenvalue weighted by molar-refractivity contribution is 7.84. The molecule has 0 saturated carbocycles. The van der Waals surface area contributed by atoms with Gasteiger partial charge in [0.15, 0.2) is 0 Å². The monoisotopic (exact) mass is 239 g/mol. The van der Waals surface area contributed by atoms with Gasteiger partial charge < -0.3 is 4.57 Å². The lowest BCUT2D eigenvalue weighted by molar-refractivity contribution is 0.637. The summed E-state index contributed by atoms with van der Waals surface area (Å²) >= 11 is 0. The van der Waals surface area contributed by atoms with Crippen LogP contribution in [0.5, 0.6) is 0 Å². The molecule has 1 unspecified atom stereocenters. The number of rotatable bonds is 1. The Bertz CT molecular complexity index is 648. The van der Waals surface area contributed by atoms with Gasteiger partial charge in [0.05, 0.1) is 21.7 Å². The smallest absolute Gasteiger partial charge is 0.208 e. The number of halogens is 1. The number of hydrogen-bond acceptors (Lipinski definition) is 2. The zero-order valence-electron chi connectivity index (χ0n) is 8.86. The second kappa shape index (κ2) is 3.83. The number of benzene rings is 1. The summed E-state index contributed by atoms with van der Waals surface area (Å²) in [4.78, 5) is 12.0. The van der Waals surface area contributed by atoms with E-state index in [-0.39, 0.29) is 10.3 Å². The molecule has 1 aromatic carbocycles. The molecule has 84 valence electrons. The van der Waals surface area contributed by atoms with Crippen LogP contribution in [-0.2, 0) is 17.8 Å². The van der Waals surface area contributed by atoms with E-state index in [0.29, 0.717) is 5.52 Å². The maximum absolute atomic E-state index is 13.6. The lowest BCUT2D eigenvalue weighted by Crippen LogP contribution is -2.15. The zero-order chi connectivity index (χ0) is 11.9. The van der Waals surface area contributed by atoms with Crippen molar-refractivity contribution in [2.75, 3.05) is 6.26 Å². The van der Waals surface area contributed by atoms with E-state index in [9.17, 15) is 13.4 Å². The average molecular weight is 239 g/mol. The van der Waals surface area contributed by atoms with E-state index in [0.717, 1.165) is 0 Å². The molecule has 3 nitrogen and oxygen atoms in total. The van der Waals surface area contributed by atoms with Crippen LogP contribution in [-0.4, -0.2) is 15.0 Å². The minimum atomic E-state index is -1.42. The van der Waals surface area contributed by atoms with Crippen molar-refractivity contribution in [1.29, 1.82) is 0 Å². The van der Waals surface area contributed by atoms with Gasteiger partial charge in [0.25, 0.3) is 0 Å². The first kappa shape index (κ1) is 11.0. The highest BCUT2D eigenvalue weighted by Crippen LogP contribution is 2.15. The molecule has 0 aliphatic carbocycles. The first-order valence-corrected chi connectivity index (χ1v) is 6.19. The molecule has 0 saturated heterocycles. The standard InChI is InChI=1S/C11H10FNO2S/c1-13-6-9(16(2)15)11(14)10-7(12)4-3-5-8(10)13/h3-6H,1-2H3. The molecule has 0 bridgehead atoms. The van der Waals surface area contributed by atoms with Crippen LogP contribution in [0.1, 0.15) is 0 Å². The molecule has 0 radical (unpaired) electrons. The molecule has 1 heterocycles. The fourth-order valence-corrected chi connectivity index (χ4v) is 2.33. The van der Waals surface area contributed by atoms with Crippen LogP contribution in [0.2, 0.25) is 0 Å². The van der Waals surface area contributed by atoms with E-state index in [1.807, 2.05) is 0 Å². The van der Waals surface area contributed by atoms with Crippen LogP contribution in [0.15, 0.2) is 34.1 Å². The Hall–Kier alpha value is -1.49. The molecule has 16 heavy (non-hydrogen) atoms. The highest BCUT2D eigenvalue weighted by Gasteiger charge is 2.13. The number of fused-ring (bicyclic) bond motifs is 1. The van der Waals surface area contributed by atoms with Gasteiger partial charge in [-0.1, -0.05) is 6.07 Å². The summed E-state index contributed by atoms with van der Waals surface area (Å²) in [7, 11) is 0.277. The molecule has 0 aliphatic heterocycles. The Morgan fingerprint density at radius 1 is 1.38 bits per heavy atom. The molecule has 0 amide bonds. The summed E-state index contributed by atoms with van der Waals surface area (Å²) in [5.74, 6) is -0.578. The van der Waals surface area contributed by atoms with Crippen LogP contribution in [0.25, 0.3) is 10.9 Å². The van der Waals surface area contributed by atoms with Gasteiger partial charge in [-0.05, 0) is 12.1 Å². The molecule has 2 aromatic rings. The van der Waals surface area contributed by atoms with Crippen molar-refractivity contribution in [2.24, 2.45) is 7.05 Å². The predicted octanol–water partition coefficient (Wildman–Crippen LogP) is 1.42. The van der Waals surface area contributed by atoms with Gasteiger partial charge in [0.2, 0.25) is 5.43 Å². The summed E-state index contributed by atoms with van der Waals surface area (Å²) in [6.45, 7) is 0. The Labute approximate surface area is 94.0 Å². The molecule has 2 rings (SSSR count). The summed E-state index contributed by atoms with van der Waals surface area (Å²) in [6.07, 6.45) is 2.89.